The lowest BCUT2D eigenvalue weighted by Crippen LogP contribution is -2.28. The SMILES string of the molecule is COc1ccc(NC(C)=O)cc1NC(=O)CCNS(=O)(=O)c1ccc(F)c(F)c1. The lowest BCUT2D eigenvalue weighted by molar-refractivity contribution is -0.116. The van der Waals surface area contributed by atoms with Crippen LogP contribution in [0.4, 0.5) is 20.2 Å². The summed E-state index contributed by atoms with van der Waals surface area (Å²) in [7, 11) is -2.71. The van der Waals surface area contributed by atoms with Crippen LogP contribution in [0.15, 0.2) is 41.3 Å². The van der Waals surface area contributed by atoms with E-state index >= 15 is 0 Å². The summed E-state index contributed by atoms with van der Waals surface area (Å²) in [6, 6.07) is 6.79. The number of sulfonamides is 1. The largest absolute Gasteiger partial charge is 0.495 e. The summed E-state index contributed by atoms with van der Waals surface area (Å²) in [6.07, 6.45) is -0.240. The number of hydrogen-bond acceptors (Lipinski definition) is 5. The van der Waals surface area contributed by atoms with Gasteiger partial charge in [-0.15, -0.1) is 0 Å². The number of methoxy groups -OCH3 is 1. The van der Waals surface area contributed by atoms with E-state index in [1.807, 2.05) is 0 Å². The molecule has 0 bridgehead atoms. The van der Waals surface area contributed by atoms with E-state index in [-0.39, 0.29) is 24.6 Å². The second kappa shape index (κ2) is 9.43. The minimum absolute atomic E-state index is 0.240. The minimum Gasteiger partial charge on any atom is -0.495 e. The van der Waals surface area contributed by atoms with Crippen LogP contribution in [0.5, 0.6) is 5.75 Å². The monoisotopic (exact) mass is 427 g/mol. The number of rotatable bonds is 8. The second-order valence-electron chi connectivity index (χ2n) is 5.87. The zero-order valence-corrected chi connectivity index (χ0v) is 16.4. The molecule has 2 amide bonds. The normalized spacial score (nSPS) is 11.0. The highest BCUT2D eigenvalue weighted by atomic mass is 32.2. The molecule has 0 saturated heterocycles. The number of halogens is 2. The van der Waals surface area contributed by atoms with E-state index in [4.69, 9.17) is 4.74 Å². The molecule has 3 N–H and O–H groups in total. The fourth-order valence-electron chi connectivity index (χ4n) is 2.33. The fraction of sp³-hybridized carbons (Fsp3) is 0.222. The number of ether oxygens (including phenoxy) is 1. The van der Waals surface area contributed by atoms with E-state index in [1.165, 1.54) is 20.1 Å². The van der Waals surface area contributed by atoms with Gasteiger partial charge in [0.15, 0.2) is 11.6 Å². The molecule has 0 aromatic heterocycles. The molecule has 2 aromatic rings. The fourth-order valence-corrected chi connectivity index (χ4v) is 3.37. The summed E-state index contributed by atoms with van der Waals surface area (Å²) < 4.78 is 57.6. The first-order valence-electron chi connectivity index (χ1n) is 8.32. The molecule has 0 fully saturated rings. The molecule has 0 heterocycles. The molecule has 2 rings (SSSR count). The molecule has 0 aliphatic heterocycles. The van der Waals surface area contributed by atoms with E-state index < -0.39 is 32.5 Å². The smallest absolute Gasteiger partial charge is 0.240 e. The van der Waals surface area contributed by atoms with E-state index in [0.717, 1.165) is 6.07 Å². The predicted molar refractivity (Wildman–Crippen MR) is 102 cm³/mol. The maximum absolute atomic E-state index is 13.2. The van der Waals surface area contributed by atoms with E-state index in [0.29, 0.717) is 23.6 Å². The summed E-state index contributed by atoms with van der Waals surface area (Å²) in [5.74, 6) is -2.94. The van der Waals surface area contributed by atoms with Crippen molar-refractivity contribution in [2.75, 3.05) is 24.3 Å². The first-order valence-corrected chi connectivity index (χ1v) is 9.81. The van der Waals surface area contributed by atoms with Crippen LogP contribution < -0.4 is 20.1 Å². The van der Waals surface area contributed by atoms with E-state index in [2.05, 4.69) is 15.4 Å². The Morgan fingerprint density at radius 2 is 1.76 bits per heavy atom. The first kappa shape index (κ1) is 22.2. The van der Waals surface area contributed by atoms with Gasteiger partial charge in [0.05, 0.1) is 17.7 Å². The van der Waals surface area contributed by atoms with Crippen molar-refractivity contribution in [3.05, 3.63) is 48.0 Å². The van der Waals surface area contributed by atoms with Crippen LogP contribution >= 0.6 is 0 Å². The standard InChI is InChI=1S/C18H19F2N3O5S/c1-11(24)22-12-3-6-17(28-2)16(9-12)23-18(25)7-8-21-29(26,27)13-4-5-14(19)15(20)10-13/h3-6,9-10,21H,7-8H2,1-2H3,(H,22,24)(H,23,25). The molecule has 0 unspecified atom stereocenters. The Kier molecular flexibility index (Phi) is 7.23. The van der Waals surface area contributed by atoms with Gasteiger partial charge in [-0.25, -0.2) is 21.9 Å². The Morgan fingerprint density at radius 1 is 1.03 bits per heavy atom. The molecule has 2 aromatic carbocycles. The molecule has 0 atom stereocenters. The van der Waals surface area contributed by atoms with Crippen molar-refractivity contribution in [2.45, 2.75) is 18.2 Å². The van der Waals surface area contributed by atoms with E-state index in [9.17, 15) is 26.8 Å². The van der Waals surface area contributed by atoms with E-state index in [1.54, 1.807) is 12.1 Å². The average molecular weight is 427 g/mol. The average Bonchev–Trinajstić information content (AvgIpc) is 2.63. The topological polar surface area (TPSA) is 114 Å². The molecule has 0 spiro atoms. The summed E-state index contributed by atoms with van der Waals surface area (Å²) in [5.41, 5.74) is 0.722. The third kappa shape index (κ3) is 6.22. The number of anilines is 2. The van der Waals surface area contributed by atoms with Crippen LogP contribution in [0.25, 0.3) is 0 Å². The molecule has 0 aliphatic carbocycles. The van der Waals surface area contributed by atoms with Crippen molar-refractivity contribution in [1.82, 2.24) is 4.72 Å². The second-order valence-corrected chi connectivity index (χ2v) is 7.64. The van der Waals surface area contributed by atoms with Gasteiger partial charge in [0.25, 0.3) is 0 Å². The van der Waals surface area contributed by atoms with Gasteiger partial charge >= 0.3 is 0 Å². The summed E-state index contributed by atoms with van der Waals surface area (Å²) in [5, 5.41) is 5.12. The Bertz CT molecular complexity index is 1030. The number of carbonyl (C=O) groups excluding carboxylic acids is 2. The van der Waals surface area contributed by atoms with Gasteiger partial charge in [-0.1, -0.05) is 0 Å². The molecule has 0 aliphatic rings. The Balaban J connectivity index is 1.99. The van der Waals surface area contributed by atoms with Crippen molar-refractivity contribution < 1.29 is 31.5 Å². The van der Waals surface area contributed by atoms with Gasteiger partial charge < -0.3 is 15.4 Å². The number of nitrogens with one attached hydrogen (secondary N) is 3. The molecule has 0 radical (unpaired) electrons. The van der Waals surface area contributed by atoms with Gasteiger partial charge in [0, 0.05) is 25.6 Å². The van der Waals surface area contributed by atoms with Gasteiger partial charge in [0.1, 0.15) is 5.75 Å². The molecular weight excluding hydrogens is 408 g/mol. The van der Waals surface area contributed by atoms with Gasteiger partial charge in [-0.3, -0.25) is 9.59 Å². The number of hydrogen-bond donors (Lipinski definition) is 3. The zero-order valence-electron chi connectivity index (χ0n) is 15.6. The van der Waals surface area contributed by atoms with Crippen LogP contribution in [-0.4, -0.2) is 33.9 Å². The van der Waals surface area contributed by atoms with Crippen LogP contribution in [0, 0.1) is 11.6 Å². The quantitative estimate of drug-likeness (QED) is 0.598. The molecular formula is C18H19F2N3O5S. The van der Waals surface area contributed by atoms with Crippen LogP contribution in [0.3, 0.4) is 0 Å². The summed E-state index contributed by atoms with van der Waals surface area (Å²) in [4.78, 5) is 22.8. The number of benzene rings is 2. The zero-order chi connectivity index (χ0) is 21.6. The highest BCUT2D eigenvalue weighted by Crippen LogP contribution is 2.28. The lowest BCUT2D eigenvalue weighted by Gasteiger charge is -2.13. The maximum atomic E-state index is 13.2. The third-order valence-corrected chi connectivity index (χ3v) is 5.10. The van der Waals surface area contributed by atoms with Crippen LogP contribution in [0.2, 0.25) is 0 Å². The van der Waals surface area contributed by atoms with Crippen molar-refractivity contribution >= 4 is 33.2 Å². The van der Waals surface area contributed by atoms with Gasteiger partial charge in [0.2, 0.25) is 21.8 Å². The van der Waals surface area contributed by atoms with Crippen molar-refractivity contribution in [2.24, 2.45) is 0 Å². The first-order chi connectivity index (χ1) is 13.6. The van der Waals surface area contributed by atoms with Crippen molar-refractivity contribution in [3.8, 4) is 5.75 Å². The van der Waals surface area contributed by atoms with Gasteiger partial charge in [-0.2, -0.15) is 0 Å². The van der Waals surface area contributed by atoms with Crippen molar-refractivity contribution in [1.29, 1.82) is 0 Å². The molecule has 156 valence electrons. The molecule has 29 heavy (non-hydrogen) atoms. The molecule has 8 nitrogen and oxygen atoms in total. The maximum Gasteiger partial charge on any atom is 0.240 e. The number of carbonyl (C=O) groups is 2. The summed E-state index contributed by atoms with van der Waals surface area (Å²) >= 11 is 0. The Labute approximate surface area is 166 Å². The highest BCUT2D eigenvalue weighted by molar-refractivity contribution is 7.89. The third-order valence-electron chi connectivity index (χ3n) is 3.64. The molecule has 11 heteroatoms. The lowest BCUT2D eigenvalue weighted by atomic mass is 10.2. The van der Waals surface area contributed by atoms with Crippen LogP contribution in [-0.2, 0) is 19.6 Å². The van der Waals surface area contributed by atoms with Crippen LogP contribution in [0.1, 0.15) is 13.3 Å². The number of amides is 2. The Morgan fingerprint density at radius 3 is 2.38 bits per heavy atom. The van der Waals surface area contributed by atoms with Crippen molar-refractivity contribution in [3.63, 3.8) is 0 Å². The molecule has 0 saturated carbocycles. The highest BCUT2D eigenvalue weighted by Gasteiger charge is 2.17. The van der Waals surface area contributed by atoms with Gasteiger partial charge in [-0.05, 0) is 36.4 Å². The summed E-state index contributed by atoms with van der Waals surface area (Å²) in [6.45, 7) is 1.06. The predicted octanol–water partition coefficient (Wildman–Crippen LogP) is 2.24. The Hall–Kier alpha value is -3.05. The minimum atomic E-state index is -4.11.